The predicted octanol–water partition coefficient (Wildman–Crippen LogP) is 1.63. The summed E-state index contributed by atoms with van der Waals surface area (Å²) >= 11 is 0. The van der Waals surface area contributed by atoms with Gasteiger partial charge >= 0.3 is 0 Å². The molecule has 1 amide bonds. The van der Waals surface area contributed by atoms with E-state index < -0.39 is 0 Å². The summed E-state index contributed by atoms with van der Waals surface area (Å²) in [6.45, 7) is 7.95. The van der Waals surface area contributed by atoms with E-state index in [1.807, 2.05) is 11.7 Å². The molecule has 35 heavy (non-hydrogen) atoms. The number of hydrogen-bond acceptors (Lipinski definition) is 6. The quantitative estimate of drug-likeness (QED) is 0.594. The summed E-state index contributed by atoms with van der Waals surface area (Å²) in [5.74, 6) is 1.63. The largest absolute Gasteiger partial charge is 0.483 e. The molecule has 0 unspecified atom stereocenters. The molecule has 3 fully saturated rings. The minimum atomic E-state index is -0.250. The van der Waals surface area contributed by atoms with Gasteiger partial charge in [0.05, 0.1) is 5.69 Å². The molecule has 2 bridgehead atoms. The number of rotatable bonds is 5. The summed E-state index contributed by atoms with van der Waals surface area (Å²) in [6.07, 6.45) is 6.74. The number of likely N-dealkylation sites (tertiary alicyclic amines) is 1. The lowest BCUT2D eigenvalue weighted by Gasteiger charge is -2.57. The number of piperidine rings is 3. The highest BCUT2D eigenvalue weighted by Crippen LogP contribution is 2.41. The van der Waals surface area contributed by atoms with Crippen LogP contribution in [0.5, 0.6) is 0 Å². The summed E-state index contributed by atoms with van der Waals surface area (Å²) in [5, 5.41) is 18.3. The van der Waals surface area contributed by atoms with Gasteiger partial charge in [0.25, 0.3) is 12.9 Å². The van der Waals surface area contributed by atoms with Gasteiger partial charge < -0.3 is 20.0 Å². The molecule has 4 atom stereocenters. The number of carbonyl (C=O) groups excluding carboxylic acids is 1. The normalized spacial score (nSPS) is 25.5. The van der Waals surface area contributed by atoms with Crippen molar-refractivity contribution < 1.29 is 24.6 Å². The molecule has 1 aromatic rings. The number of carbonyl (C=O) groups is 3. The standard InChI is InChI=1S/C23H39N5O.2CH2O2/c1-16-20(17(2)26(5)24-16)9-10-23(29)27-13-18-12-19(14-27)22(15-25(3)4)28-11-7-6-8-21(18)28;2*2-1-3/h18-19,21-22H,6-15H2,1-5H3;2*1H,(H,2,3)/t18-,19+,21+,22+;;/m1../s1. The summed E-state index contributed by atoms with van der Waals surface area (Å²) in [6, 6.07) is 1.29. The van der Waals surface area contributed by atoms with Crippen molar-refractivity contribution in [2.24, 2.45) is 18.9 Å². The summed E-state index contributed by atoms with van der Waals surface area (Å²) in [7, 11) is 6.37. The minimum absolute atomic E-state index is 0.250. The SMILES string of the molecule is Cc1nn(C)c(C)c1CCC(=O)N1C[C@H]2C[C@@H](C1)[C@H](CN(C)C)N1CCCC[C@@H]21.O=CO.O=CO. The van der Waals surface area contributed by atoms with Gasteiger partial charge in [0, 0.05) is 50.9 Å². The highest BCUT2D eigenvalue weighted by Gasteiger charge is 2.47. The Morgan fingerprint density at radius 1 is 1.11 bits per heavy atom. The van der Waals surface area contributed by atoms with Gasteiger partial charge in [-0.05, 0) is 77.6 Å². The van der Waals surface area contributed by atoms with Gasteiger partial charge in [-0.15, -0.1) is 0 Å². The van der Waals surface area contributed by atoms with E-state index in [0.717, 1.165) is 31.7 Å². The number of amides is 1. The Balaban J connectivity index is 0.000000655. The first kappa shape index (κ1) is 28.8. The molecule has 3 saturated heterocycles. The first-order valence-corrected chi connectivity index (χ1v) is 12.5. The van der Waals surface area contributed by atoms with Crippen LogP contribution < -0.4 is 0 Å². The Labute approximate surface area is 208 Å². The van der Waals surface area contributed by atoms with Gasteiger partial charge in [0.1, 0.15) is 0 Å². The van der Waals surface area contributed by atoms with Crippen LogP contribution in [-0.4, -0.2) is 106 Å². The Bertz CT molecular complexity index is 836. The van der Waals surface area contributed by atoms with Crippen molar-refractivity contribution in [3.63, 3.8) is 0 Å². The van der Waals surface area contributed by atoms with Crippen LogP contribution in [0, 0.1) is 25.7 Å². The molecule has 198 valence electrons. The van der Waals surface area contributed by atoms with Gasteiger partial charge in [-0.3, -0.25) is 24.0 Å². The van der Waals surface area contributed by atoms with E-state index in [1.54, 1.807) is 0 Å². The molecule has 4 rings (SSSR count). The second-order valence-corrected chi connectivity index (χ2v) is 10.2. The first-order chi connectivity index (χ1) is 16.7. The molecule has 4 heterocycles. The number of nitrogens with zero attached hydrogens (tertiary/aromatic N) is 5. The van der Waals surface area contributed by atoms with Crippen LogP contribution in [0.3, 0.4) is 0 Å². The Hall–Kier alpha value is -2.46. The van der Waals surface area contributed by atoms with Gasteiger partial charge in [0.2, 0.25) is 5.91 Å². The highest BCUT2D eigenvalue weighted by molar-refractivity contribution is 5.76. The molecule has 0 saturated carbocycles. The van der Waals surface area contributed by atoms with Gasteiger partial charge in [-0.2, -0.15) is 5.10 Å². The van der Waals surface area contributed by atoms with Crippen molar-refractivity contribution in [3.8, 4) is 0 Å². The summed E-state index contributed by atoms with van der Waals surface area (Å²) in [5.41, 5.74) is 3.51. The third-order valence-corrected chi connectivity index (χ3v) is 7.77. The van der Waals surface area contributed by atoms with Crippen LogP contribution in [0.1, 0.15) is 49.1 Å². The lowest BCUT2D eigenvalue weighted by molar-refractivity contribution is -0.141. The smallest absolute Gasteiger partial charge is 0.290 e. The van der Waals surface area contributed by atoms with E-state index in [0.29, 0.717) is 36.2 Å². The van der Waals surface area contributed by atoms with Crippen LogP contribution in [-0.2, 0) is 27.9 Å². The fourth-order valence-corrected chi connectivity index (χ4v) is 6.31. The van der Waals surface area contributed by atoms with E-state index in [4.69, 9.17) is 19.8 Å². The zero-order chi connectivity index (χ0) is 26.1. The van der Waals surface area contributed by atoms with Gasteiger partial charge in [0.15, 0.2) is 0 Å². The molecule has 3 aliphatic heterocycles. The van der Waals surface area contributed by atoms with Crippen molar-refractivity contribution >= 4 is 18.9 Å². The second kappa shape index (κ2) is 13.6. The average molecular weight is 494 g/mol. The molecule has 0 spiro atoms. The van der Waals surface area contributed by atoms with E-state index in [1.165, 1.54) is 43.5 Å². The third-order valence-electron chi connectivity index (χ3n) is 7.77. The number of carboxylic acid groups (broad SMARTS) is 2. The minimum Gasteiger partial charge on any atom is -0.483 e. The third kappa shape index (κ3) is 7.27. The van der Waals surface area contributed by atoms with Gasteiger partial charge in [-0.25, -0.2) is 0 Å². The topological polar surface area (TPSA) is 119 Å². The number of aryl methyl sites for hydroxylation is 2. The number of hydrogen-bond donors (Lipinski definition) is 2. The predicted molar refractivity (Wildman–Crippen MR) is 133 cm³/mol. The van der Waals surface area contributed by atoms with Crippen molar-refractivity contribution in [2.75, 3.05) is 40.3 Å². The summed E-state index contributed by atoms with van der Waals surface area (Å²) < 4.78 is 1.93. The van der Waals surface area contributed by atoms with Crippen LogP contribution in [0.2, 0.25) is 0 Å². The lowest BCUT2D eigenvalue weighted by Crippen LogP contribution is -2.65. The number of fused-ring (bicyclic) bond motifs is 4. The fourth-order valence-electron chi connectivity index (χ4n) is 6.31. The molecule has 1 aromatic heterocycles. The maximum atomic E-state index is 13.2. The molecule has 2 N–H and O–H groups in total. The monoisotopic (exact) mass is 493 g/mol. The Kier molecular flexibility index (Phi) is 11.2. The van der Waals surface area contributed by atoms with Gasteiger partial charge in [-0.1, -0.05) is 6.42 Å². The molecule has 0 aliphatic carbocycles. The fraction of sp³-hybridized carbons (Fsp3) is 0.760. The van der Waals surface area contributed by atoms with Crippen molar-refractivity contribution in [1.82, 2.24) is 24.5 Å². The van der Waals surface area contributed by atoms with Crippen LogP contribution in [0.25, 0.3) is 0 Å². The van der Waals surface area contributed by atoms with Crippen LogP contribution in [0.15, 0.2) is 0 Å². The average Bonchev–Trinajstić information content (AvgIpc) is 3.06. The van der Waals surface area contributed by atoms with Crippen LogP contribution in [0.4, 0.5) is 0 Å². The van der Waals surface area contributed by atoms with Crippen molar-refractivity contribution in [3.05, 3.63) is 17.0 Å². The maximum absolute atomic E-state index is 13.2. The Morgan fingerprint density at radius 3 is 2.31 bits per heavy atom. The molecular weight excluding hydrogens is 450 g/mol. The van der Waals surface area contributed by atoms with E-state index in [2.05, 4.69) is 47.7 Å². The van der Waals surface area contributed by atoms with Crippen molar-refractivity contribution in [2.45, 2.75) is 64.5 Å². The van der Waals surface area contributed by atoms with E-state index in [-0.39, 0.29) is 12.9 Å². The zero-order valence-corrected chi connectivity index (χ0v) is 21.9. The lowest BCUT2D eigenvalue weighted by atomic mass is 9.72. The van der Waals surface area contributed by atoms with E-state index in [9.17, 15) is 4.79 Å². The second-order valence-electron chi connectivity index (χ2n) is 10.2. The highest BCUT2D eigenvalue weighted by atomic mass is 16.3. The van der Waals surface area contributed by atoms with E-state index >= 15 is 0 Å². The molecule has 0 aromatic carbocycles. The van der Waals surface area contributed by atoms with Crippen LogP contribution >= 0.6 is 0 Å². The molecule has 10 nitrogen and oxygen atoms in total. The van der Waals surface area contributed by atoms with Crippen molar-refractivity contribution in [1.29, 1.82) is 0 Å². The maximum Gasteiger partial charge on any atom is 0.290 e. The molecular formula is C25H43N5O5. The molecule has 10 heteroatoms. The Morgan fingerprint density at radius 2 is 1.74 bits per heavy atom. The number of likely N-dealkylation sites (N-methyl/N-ethyl adjacent to an activating group) is 1. The summed E-state index contributed by atoms with van der Waals surface area (Å²) in [4.78, 5) is 37.3. The number of aromatic nitrogens is 2. The molecule has 0 radical (unpaired) electrons. The molecule has 3 aliphatic rings. The zero-order valence-electron chi connectivity index (χ0n) is 21.9. The first-order valence-electron chi connectivity index (χ1n) is 12.5.